The van der Waals surface area contributed by atoms with Crippen LogP contribution in [0.3, 0.4) is 0 Å². The van der Waals surface area contributed by atoms with Crippen molar-refractivity contribution in [1.29, 1.82) is 0 Å². The number of hydrogen-bond acceptors (Lipinski definition) is 1. The molecule has 1 aromatic carbocycles. The van der Waals surface area contributed by atoms with E-state index in [1.807, 2.05) is 35.2 Å². The maximum atomic E-state index is 12.2. The third kappa shape index (κ3) is 3.60. The lowest BCUT2D eigenvalue weighted by Gasteiger charge is -2.34. The molecule has 1 atom stereocenters. The van der Waals surface area contributed by atoms with Crippen LogP contribution in [0.4, 0.5) is 0 Å². The van der Waals surface area contributed by atoms with Crippen molar-refractivity contribution in [3.8, 4) is 0 Å². The molecule has 0 bridgehead atoms. The number of nitrogens with zero attached hydrogens (tertiary/aromatic N) is 1. The molecule has 0 aromatic heterocycles. The van der Waals surface area contributed by atoms with Gasteiger partial charge in [0.05, 0.1) is 0 Å². The van der Waals surface area contributed by atoms with Crippen molar-refractivity contribution >= 4 is 23.6 Å². The summed E-state index contributed by atoms with van der Waals surface area (Å²) in [4.78, 5) is 14.2. The molecule has 102 valence electrons. The first-order valence-corrected chi connectivity index (χ1v) is 7.33. The number of benzene rings is 1. The van der Waals surface area contributed by atoms with Gasteiger partial charge in [-0.15, -0.1) is 0 Å². The minimum Gasteiger partial charge on any atom is -0.336 e. The van der Waals surface area contributed by atoms with Crippen molar-refractivity contribution in [2.75, 3.05) is 6.54 Å². The lowest BCUT2D eigenvalue weighted by molar-refractivity contribution is -0.129. The molecule has 1 saturated heterocycles. The maximum absolute atomic E-state index is 12.2. The molecule has 2 nitrogen and oxygen atoms in total. The van der Waals surface area contributed by atoms with Crippen LogP contribution in [0, 0.1) is 0 Å². The Hall–Kier alpha value is -1.28. The maximum Gasteiger partial charge on any atom is 0.246 e. The zero-order valence-electron chi connectivity index (χ0n) is 11.3. The van der Waals surface area contributed by atoms with E-state index in [-0.39, 0.29) is 5.91 Å². The van der Waals surface area contributed by atoms with E-state index in [9.17, 15) is 4.79 Å². The fraction of sp³-hybridized carbons (Fsp3) is 0.438. The SMILES string of the molecule is CCC1CCCCN1C(=O)C=Cc1ccccc1Cl. The standard InChI is InChI=1S/C16H20ClNO/c1-2-14-8-5-6-12-18(14)16(19)11-10-13-7-3-4-9-15(13)17/h3-4,7,9-11,14H,2,5-6,8,12H2,1H3. The van der Waals surface area contributed by atoms with Gasteiger partial charge in [0.25, 0.3) is 0 Å². The van der Waals surface area contributed by atoms with Crippen molar-refractivity contribution in [2.45, 2.75) is 38.6 Å². The number of rotatable bonds is 3. The first kappa shape index (κ1) is 14.1. The van der Waals surface area contributed by atoms with E-state index in [0.29, 0.717) is 11.1 Å². The Morgan fingerprint density at radius 1 is 1.42 bits per heavy atom. The first-order chi connectivity index (χ1) is 9.22. The number of hydrogen-bond donors (Lipinski definition) is 0. The normalized spacial score (nSPS) is 19.9. The first-order valence-electron chi connectivity index (χ1n) is 6.95. The molecule has 0 radical (unpaired) electrons. The average Bonchev–Trinajstić information content (AvgIpc) is 2.46. The number of carbonyl (C=O) groups is 1. The summed E-state index contributed by atoms with van der Waals surface area (Å²) in [6, 6.07) is 7.96. The summed E-state index contributed by atoms with van der Waals surface area (Å²) < 4.78 is 0. The van der Waals surface area contributed by atoms with Crippen LogP contribution >= 0.6 is 11.6 Å². The van der Waals surface area contributed by atoms with Gasteiger partial charge in [-0.2, -0.15) is 0 Å². The smallest absolute Gasteiger partial charge is 0.246 e. The third-order valence-corrected chi connectivity index (χ3v) is 4.04. The lowest BCUT2D eigenvalue weighted by Crippen LogP contribution is -2.42. The van der Waals surface area contributed by atoms with Gasteiger partial charge < -0.3 is 4.90 Å². The molecule has 1 fully saturated rings. The molecule has 2 rings (SSSR count). The molecular formula is C16H20ClNO. The summed E-state index contributed by atoms with van der Waals surface area (Å²) in [6.45, 7) is 3.03. The van der Waals surface area contributed by atoms with Crippen LogP contribution in [0.5, 0.6) is 0 Å². The van der Waals surface area contributed by atoms with Gasteiger partial charge in [0.15, 0.2) is 0 Å². The molecule has 1 unspecified atom stereocenters. The summed E-state index contributed by atoms with van der Waals surface area (Å²) in [5.41, 5.74) is 0.891. The zero-order valence-corrected chi connectivity index (χ0v) is 12.1. The van der Waals surface area contributed by atoms with Crippen LogP contribution < -0.4 is 0 Å². The van der Waals surface area contributed by atoms with Crippen LogP contribution in [0.25, 0.3) is 6.08 Å². The summed E-state index contributed by atoms with van der Waals surface area (Å²) in [5.74, 6) is 0.103. The Morgan fingerprint density at radius 2 is 2.21 bits per heavy atom. The molecule has 19 heavy (non-hydrogen) atoms. The van der Waals surface area contributed by atoms with E-state index in [4.69, 9.17) is 11.6 Å². The summed E-state index contributed by atoms with van der Waals surface area (Å²) >= 11 is 6.07. The van der Waals surface area contributed by atoms with Crippen molar-refractivity contribution in [3.63, 3.8) is 0 Å². The van der Waals surface area contributed by atoms with Gasteiger partial charge in [-0.1, -0.05) is 36.7 Å². The Balaban J connectivity index is 2.06. The van der Waals surface area contributed by atoms with Crippen LogP contribution in [-0.2, 0) is 4.79 Å². The van der Waals surface area contributed by atoms with Gasteiger partial charge >= 0.3 is 0 Å². The highest BCUT2D eigenvalue weighted by molar-refractivity contribution is 6.32. The van der Waals surface area contributed by atoms with Crippen molar-refractivity contribution in [1.82, 2.24) is 4.90 Å². The fourth-order valence-corrected chi connectivity index (χ4v) is 2.78. The topological polar surface area (TPSA) is 20.3 Å². The molecule has 1 amide bonds. The van der Waals surface area contributed by atoms with E-state index in [2.05, 4.69) is 6.92 Å². The van der Waals surface area contributed by atoms with Gasteiger partial charge in [0.2, 0.25) is 5.91 Å². The van der Waals surface area contributed by atoms with Gasteiger partial charge in [-0.05, 0) is 43.4 Å². The molecule has 0 aliphatic carbocycles. The number of carbonyl (C=O) groups excluding carboxylic acids is 1. The number of piperidine rings is 1. The van der Waals surface area contributed by atoms with E-state index in [1.54, 1.807) is 6.08 Å². The molecule has 1 aliphatic rings. The molecule has 1 heterocycles. The highest BCUT2D eigenvalue weighted by Gasteiger charge is 2.23. The predicted molar refractivity (Wildman–Crippen MR) is 80.1 cm³/mol. The largest absolute Gasteiger partial charge is 0.336 e. The second-order valence-corrected chi connectivity index (χ2v) is 5.35. The molecule has 0 spiro atoms. The van der Waals surface area contributed by atoms with Gasteiger partial charge in [-0.25, -0.2) is 0 Å². The van der Waals surface area contributed by atoms with E-state index < -0.39 is 0 Å². The summed E-state index contributed by atoms with van der Waals surface area (Å²) in [7, 11) is 0. The minimum atomic E-state index is 0.103. The number of likely N-dealkylation sites (tertiary alicyclic amines) is 1. The Bertz CT molecular complexity index is 470. The van der Waals surface area contributed by atoms with E-state index in [0.717, 1.165) is 31.4 Å². The van der Waals surface area contributed by atoms with Crippen LogP contribution in [0.1, 0.15) is 38.2 Å². The Kier molecular flexibility index (Phi) is 5.03. The Morgan fingerprint density at radius 3 is 2.95 bits per heavy atom. The highest BCUT2D eigenvalue weighted by Crippen LogP contribution is 2.21. The highest BCUT2D eigenvalue weighted by atomic mass is 35.5. The molecular weight excluding hydrogens is 258 g/mol. The fourth-order valence-electron chi connectivity index (χ4n) is 2.58. The molecule has 0 N–H and O–H groups in total. The van der Waals surface area contributed by atoms with Crippen molar-refractivity contribution < 1.29 is 4.79 Å². The minimum absolute atomic E-state index is 0.103. The Labute approximate surface area is 120 Å². The summed E-state index contributed by atoms with van der Waals surface area (Å²) in [6.07, 6.45) is 7.97. The number of halogens is 1. The van der Waals surface area contributed by atoms with Gasteiger partial charge in [0, 0.05) is 23.7 Å². The van der Waals surface area contributed by atoms with Gasteiger partial charge in [0.1, 0.15) is 0 Å². The van der Waals surface area contributed by atoms with Crippen LogP contribution in [0.2, 0.25) is 5.02 Å². The van der Waals surface area contributed by atoms with E-state index in [1.165, 1.54) is 6.42 Å². The quantitative estimate of drug-likeness (QED) is 0.760. The predicted octanol–water partition coefficient (Wildman–Crippen LogP) is 4.14. The monoisotopic (exact) mass is 277 g/mol. The molecule has 0 saturated carbocycles. The van der Waals surface area contributed by atoms with Crippen molar-refractivity contribution in [2.24, 2.45) is 0 Å². The van der Waals surface area contributed by atoms with Crippen LogP contribution in [0.15, 0.2) is 30.3 Å². The second kappa shape index (κ2) is 6.76. The third-order valence-electron chi connectivity index (χ3n) is 3.69. The number of amides is 1. The molecule has 1 aromatic rings. The molecule has 3 heteroatoms. The average molecular weight is 278 g/mol. The van der Waals surface area contributed by atoms with Crippen LogP contribution in [-0.4, -0.2) is 23.4 Å². The van der Waals surface area contributed by atoms with Gasteiger partial charge in [-0.3, -0.25) is 4.79 Å². The zero-order chi connectivity index (χ0) is 13.7. The van der Waals surface area contributed by atoms with E-state index >= 15 is 0 Å². The second-order valence-electron chi connectivity index (χ2n) is 4.94. The van der Waals surface area contributed by atoms with Crippen molar-refractivity contribution in [3.05, 3.63) is 40.9 Å². The summed E-state index contributed by atoms with van der Waals surface area (Å²) in [5, 5.41) is 0.678. The molecule has 1 aliphatic heterocycles. The lowest BCUT2D eigenvalue weighted by atomic mass is 10.00.